The lowest BCUT2D eigenvalue weighted by molar-refractivity contribution is -0.116. The molecule has 1 aromatic carbocycles. The minimum Gasteiger partial charge on any atom is -0.328 e. The number of benzene rings is 1. The molecule has 29 heavy (non-hydrogen) atoms. The molecule has 2 aromatic rings. The van der Waals surface area contributed by atoms with Gasteiger partial charge in [0.25, 0.3) is 0 Å². The zero-order chi connectivity index (χ0) is 20.6. The fraction of sp³-hybridized carbons (Fsp3) is 0.333. The standard InChI is InChI=1S/C24H28N4O/c1-17-6-5-13-27(23(17)26-15-19-9-11-25-12-10-19)20-7-8-21-22(14-20)28(18(2)29)16-24(21,3)4/h5-14,23,26H,15-16H2,1-4H3. The summed E-state index contributed by atoms with van der Waals surface area (Å²) in [5.41, 5.74) is 5.72. The van der Waals surface area contributed by atoms with Crippen LogP contribution in [0.5, 0.6) is 0 Å². The van der Waals surface area contributed by atoms with Crippen LogP contribution in [-0.2, 0) is 16.8 Å². The van der Waals surface area contributed by atoms with Gasteiger partial charge in [0.05, 0.1) is 0 Å². The molecule has 0 spiro atoms. The van der Waals surface area contributed by atoms with Crippen molar-refractivity contribution in [1.82, 2.24) is 10.3 Å². The molecule has 5 heteroatoms. The maximum Gasteiger partial charge on any atom is 0.223 e. The summed E-state index contributed by atoms with van der Waals surface area (Å²) in [6, 6.07) is 10.5. The van der Waals surface area contributed by atoms with Crippen molar-refractivity contribution < 1.29 is 4.79 Å². The average molecular weight is 389 g/mol. The van der Waals surface area contributed by atoms with Gasteiger partial charge in [-0.1, -0.05) is 26.0 Å². The second-order valence-electron chi connectivity index (χ2n) is 8.49. The van der Waals surface area contributed by atoms with E-state index in [-0.39, 0.29) is 17.5 Å². The highest BCUT2D eigenvalue weighted by atomic mass is 16.2. The molecule has 0 saturated carbocycles. The first kappa shape index (κ1) is 19.4. The number of carbonyl (C=O) groups is 1. The third-order valence-electron chi connectivity index (χ3n) is 5.80. The predicted octanol–water partition coefficient (Wildman–Crippen LogP) is 4.12. The van der Waals surface area contributed by atoms with E-state index in [4.69, 9.17) is 0 Å². The summed E-state index contributed by atoms with van der Waals surface area (Å²) >= 11 is 0. The van der Waals surface area contributed by atoms with E-state index in [0.29, 0.717) is 0 Å². The molecule has 4 rings (SSSR count). The normalized spacial score (nSPS) is 19.9. The van der Waals surface area contributed by atoms with Gasteiger partial charge in [-0.25, -0.2) is 0 Å². The maximum atomic E-state index is 12.2. The van der Waals surface area contributed by atoms with E-state index in [0.717, 1.165) is 24.5 Å². The van der Waals surface area contributed by atoms with Crippen molar-refractivity contribution in [1.29, 1.82) is 0 Å². The van der Waals surface area contributed by atoms with Gasteiger partial charge in [-0.15, -0.1) is 0 Å². The van der Waals surface area contributed by atoms with Crippen LogP contribution < -0.4 is 15.1 Å². The molecule has 2 aliphatic heterocycles. The molecule has 1 atom stereocenters. The van der Waals surface area contributed by atoms with Gasteiger partial charge < -0.3 is 9.80 Å². The summed E-state index contributed by atoms with van der Waals surface area (Å²) in [5.74, 6) is 0.0894. The third kappa shape index (κ3) is 3.70. The van der Waals surface area contributed by atoms with Crippen LogP contribution in [0.25, 0.3) is 0 Å². The van der Waals surface area contributed by atoms with Crippen LogP contribution in [0, 0.1) is 0 Å². The first-order valence-corrected chi connectivity index (χ1v) is 10.0. The van der Waals surface area contributed by atoms with Crippen molar-refractivity contribution in [3.63, 3.8) is 0 Å². The lowest BCUT2D eigenvalue weighted by Gasteiger charge is -2.35. The summed E-state index contributed by atoms with van der Waals surface area (Å²) in [7, 11) is 0. The van der Waals surface area contributed by atoms with Gasteiger partial charge in [-0.05, 0) is 54.0 Å². The van der Waals surface area contributed by atoms with E-state index < -0.39 is 0 Å². The lowest BCUT2D eigenvalue weighted by atomic mass is 9.87. The zero-order valence-corrected chi connectivity index (χ0v) is 17.5. The van der Waals surface area contributed by atoms with Crippen LogP contribution in [0.2, 0.25) is 0 Å². The van der Waals surface area contributed by atoms with E-state index in [1.54, 1.807) is 6.92 Å². The van der Waals surface area contributed by atoms with E-state index in [1.807, 2.05) is 29.4 Å². The van der Waals surface area contributed by atoms with E-state index in [9.17, 15) is 4.79 Å². The number of rotatable bonds is 4. The Labute approximate surface area is 172 Å². The molecule has 2 aliphatic rings. The van der Waals surface area contributed by atoms with Crippen LogP contribution >= 0.6 is 0 Å². The Morgan fingerprint density at radius 1 is 1.24 bits per heavy atom. The van der Waals surface area contributed by atoms with E-state index >= 15 is 0 Å². The summed E-state index contributed by atoms with van der Waals surface area (Å²) in [4.78, 5) is 20.5. The number of anilines is 2. The molecule has 1 unspecified atom stereocenters. The number of nitrogens with one attached hydrogen (secondary N) is 1. The van der Waals surface area contributed by atoms with Crippen molar-refractivity contribution in [2.45, 2.75) is 45.8 Å². The number of amides is 1. The molecule has 1 amide bonds. The monoisotopic (exact) mass is 388 g/mol. The second kappa shape index (κ2) is 7.48. The highest BCUT2D eigenvalue weighted by Gasteiger charge is 2.37. The molecule has 1 aromatic heterocycles. The Morgan fingerprint density at radius 3 is 2.72 bits per heavy atom. The van der Waals surface area contributed by atoms with Crippen molar-refractivity contribution >= 4 is 17.3 Å². The van der Waals surface area contributed by atoms with Gasteiger partial charge in [0, 0.05) is 55.4 Å². The van der Waals surface area contributed by atoms with Gasteiger partial charge in [-0.2, -0.15) is 0 Å². The number of carbonyl (C=O) groups excluding carboxylic acids is 1. The Morgan fingerprint density at radius 2 is 2.00 bits per heavy atom. The molecular formula is C24H28N4O. The molecule has 0 bridgehead atoms. The average Bonchev–Trinajstić information content (AvgIpc) is 2.98. The number of hydrogen-bond acceptors (Lipinski definition) is 4. The smallest absolute Gasteiger partial charge is 0.223 e. The summed E-state index contributed by atoms with van der Waals surface area (Å²) < 4.78 is 0. The third-order valence-corrected chi connectivity index (χ3v) is 5.80. The Hall–Kier alpha value is -2.92. The SMILES string of the molecule is CC(=O)N1CC(C)(C)c2ccc(N3C=CC=C(C)C3NCc3ccncc3)cc21. The first-order valence-electron chi connectivity index (χ1n) is 10.0. The first-order chi connectivity index (χ1) is 13.9. The molecule has 0 aliphatic carbocycles. The lowest BCUT2D eigenvalue weighted by Crippen LogP contribution is -2.44. The van der Waals surface area contributed by atoms with Crippen LogP contribution in [0.4, 0.5) is 11.4 Å². The van der Waals surface area contributed by atoms with Gasteiger partial charge >= 0.3 is 0 Å². The molecule has 3 heterocycles. The molecule has 5 nitrogen and oxygen atoms in total. The molecule has 150 valence electrons. The van der Waals surface area contributed by atoms with Gasteiger partial charge in [-0.3, -0.25) is 15.1 Å². The van der Waals surface area contributed by atoms with Crippen molar-refractivity contribution in [2.75, 3.05) is 16.3 Å². The van der Waals surface area contributed by atoms with E-state index in [2.05, 4.69) is 72.5 Å². The number of pyridine rings is 1. The number of aromatic nitrogens is 1. The molecule has 0 fully saturated rings. The Kier molecular flexibility index (Phi) is 5.01. The quantitative estimate of drug-likeness (QED) is 0.856. The van der Waals surface area contributed by atoms with Crippen LogP contribution in [0.3, 0.4) is 0 Å². The minimum absolute atomic E-state index is 0.0356. The highest BCUT2D eigenvalue weighted by Crippen LogP contribution is 2.43. The van der Waals surface area contributed by atoms with Crippen molar-refractivity contribution in [3.8, 4) is 0 Å². The number of allylic oxidation sites excluding steroid dienone is 2. The minimum atomic E-state index is -0.0356. The topological polar surface area (TPSA) is 48.5 Å². The molecular weight excluding hydrogens is 360 g/mol. The largest absolute Gasteiger partial charge is 0.328 e. The molecule has 0 radical (unpaired) electrons. The van der Waals surface area contributed by atoms with Crippen LogP contribution in [-0.4, -0.2) is 23.6 Å². The van der Waals surface area contributed by atoms with Crippen LogP contribution in [0.1, 0.15) is 38.8 Å². The molecule has 0 saturated heterocycles. The highest BCUT2D eigenvalue weighted by molar-refractivity contribution is 5.95. The number of nitrogens with zero attached hydrogens (tertiary/aromatic N) is 3. The zero-order valence-electron chi connectivity index (χ0n) is 17.5. The fourth-order valence-electron chi connectivity index (χ4n) is 4.22. The van der Waals surface area contributed by atoms with Gasteiger partial charge in [0.15, 0.2) is 0 Å². The van der Waals surface area contributed by atoms with Crippen LogP contribution in [0.15, 0.2) is 66.7 Å². The van der Waals surface area contributed by atoms with Crippen molar-refractivity contribution in [2.24, 2.45) is 0 Å². The Balaban J connectivity index is 1.64. The van der Waals surface area contributed by atoms with Gasteiger partial charge in [0.1, 0.15) is 6.17 Å². The maximum absolute atomic E-state index is 12.2. The second-order valence-corrected chi connectivity index (χ2v) is 8.49. The number of hydrogen-bond donors (Lipinski definition) is 1. The predicted molar refractivity (Wildman–Crippen MR) is 118 cm³/mol. The summed E-state index contributed by atoms with van der Waals surface area (Å²) in [6.07, 6.45) is 9.98. The van der Waals surface area contributed by atoms with Gasteiger partial charge in [0.2, 0.25) is 5.91 Å². The summed E-state index contributed by atoms with van der Waals surface area (Å²) in [5, 5.41) is 3.65. The summed E-state index contributed by atoms with van der Waals surface area (Å²) in [6.45, 7) is 9.64. The van der Waals surface area contributed by atoms with E-state index in [1.165, 1.54) is 16.7 Å². The number of fused-ring (bicyclic) bond motifs is 1. The Bertz CT molecular complexity index is 978. The van der Waals surface area contributed by atoms with Crippen molar-refractivity contribution in [3.05, 3.63) is 77.8 Å². The fourth-order valence-corrected chi connectivity index (χ4v) is 4.22. The molecule has 1 N–H and O–H groups in total.